The molecule has 5 heteroatoms. The highest BCUT2D eigenvalue weighted by atomic mass is 15.2. The molecule has 23 heavy (non-hydrogen) atoms. The van der Waals surface area contributed by atoms with E-state index >= 15 is 0 Å². The van der Waals surface area contributed by atoms with Crippen LogP contribution in [0, 0.1) is 0 Å². The van der Waals surface area contributed by atoms with Gasteiger partial charge < -0.3 is 14.4 Å². The third kappa shape index (κ3) is 2.88. The number of imidazole rings is 1. The predicted octanol–water partition coefficient (Wildman–Crippen LogP) is 2.51. The van der Waals surface area contributed by atoms with E-state index in [-0.39, 0.29) is 0 Å². The van der Waals surface area contributed by atoms with Gasteiger partial charge in [0.2, 0.25) is 0 Å². The fraction of sp³-hybridized carbons (Fsp3) is 0.667. The van der Waals surface area contributed by atoms with Crippen LogP contribution in [0.3, 0.4) is 0 Å². The first-order valence-electron chi connectivity index (χ1n) is 8.92. The zero-order valence-electron chi connectivity index (χ0n) is 14.3. The van der Waals surface area contributed by atoms with E-state index in [1.54, 1.807) is 0 Å². The van der Waals surface area contributed by atoms with Crippen molar-refractivity contribution >= 4 is 11.2 Å². The summed E-state index contributed by atoms with van der Waals surface area (Å²) < 4.78 is 2.48. The van der Waals surface area contributed by atoms with Crippen LogP contribution in [-0.4, -0.2) is 64.6 Å². The molecule has 124 valence electrons. The fourth-order valence-electron chi connectivity index (χ4n) is 4.32. The van der Waals surface area contributed by atoms with E-state index in [1.807, 2.05) is 12.3 Å². The van der Waals surface area contributed by atoms with Crippen molar-refractivity contribution in [2.45, 2.75) is 37.6 Å². The highest BCUT2D eigenvalue weighted by Gasteiger charge is 2.29. The molecule has 2 unspecified atom stereocenters. The smallest absolute Gasteiger partial charge is 0.160 e. The molecule has 0 saturated carbocycles. The molecule has 0 radical (unpaired) electrons. The lowest BCUT2D eigenvalue weighted by atomic mass is 9.96. The lowest BCUT2D eigenvalue weighted by molar-refractivity contribution is 0.201. The first-order valence-corrected chi connectivity index (χ1v) is 8.92. The van der Waals surface area contributed by atoms with Crippen LogP contribution >= 0.6 is 0 Å². The molecule has 0 aliphatic carbocycles. The first kappa shape index (κ1) is 15.1. The molecule has 2 aliphatic rings. The van der Waals surface area contributed by atoms with Crippen LogP contribution in [0.15, 0.2) is 18.3 Å². The summed E-state index contributed by atoms with van der Waals surface area (Å²) in [5, 5.41) is 0. The van der Waals surface area contributed by atoms with Crippen molar-refractivity contribution in [2.75, 3.05) is 40.3 Å². The van der Waals surface area contributed by atoms with Gasteiger partial charge >= 0.3 is 0 Å². The molecule has 2 saturated heterocycles. The van der Waals surface area contributed by atoms with Gasteiger partial charge in [-0.15, -0.1) is 0 Å². The minimum Gasteiger partial charge on any atom is -0.308 e. The van der Waals surface area contributed by atoms with Gasteiger partial charge in [-0.3, -0.25) is 0 Å². The average molecular weight is 313 g/mol. The normalized spacial score (nSPS) is 27.6. The maximum atomic E-state index is 5.03. The molecule has 0 bridgehead atoms. The van der Waals surface area contributed by atoms with E-state index in [4.69, 9.17) is 4.98 Å². The number of pyridine rings is 1. The minimum atomic E-state index is 0.510. The van der Waals surface area contributed by atoms with Gasteiger partial charge in [-0.2, -0.15) is 0 Å². The Morgan fingerprint density at radius 3 is 2.61 bits per heavy atom. The largest absolute Gasteiger partial charge is 0.308 e. The Bertz CT molecular complexity index is 679. The molecule has 4 rings (SSSR count). The van der Waals surface area contributed by atoms with Crippen molar-refractivity contribution < 1.29 is 0 Å². The molecule has 0 amide bonds. The van der Waals surface area contributed by atoms with Gasteiger partial charge in [-0.05, 0) is 65.0 Å². The second kappa shape index (κ2) is 6.21. The Labute approximate surface area is 138 Å². The second-order valence-corrected chi connectivity index (χ2v) is 7.35. The highest BCUT2D eigenvalue weighted by molar-refractivity contribution is 5.71. The van der Waals surface area contributed by atoms with Crippen LogP contribution in [0.2, 0.25) is 0 Å². The number of piperidine rings is 2. The maximum absolute atomic E-state index is 5.03. The summed E-state index contributed by atoms with van der Waals surface area (Å²) in [6, 6.07) is 4.63. The van der Waals surface area contributed by atoms with Crippen LogP contribution in [-0.2, 0) is 0 Å². The Morgan fingerprint density at radius 1 is 1.04 bits per heavy atom. The topological polar surface area (TPSA) is 37.2 Å². The van der Waals surface area contributed by atoms with Crippen molar-refractivity contribution in [2.24, 2.45) is 0 Å². The summed E-state index contributed by atoms with van der Waals surface area (Å²) in [6.45, 7) is 4.64. The lowest BCUT2D eigenvalue weighted by Gasteiger charge is -2.34. The van der Waals surface area contributed by atoms with E-state index in [1.165, 1.54) is 44.6 Å². The number of likely N-dealkylation sites (N-methyl/N-ethyl adjacent to an activating group) is 2. The molecular weight excluding hydrogens is 286 g/mol. The molecule has 2 atom stereocenters. The van der Waals surface area contributed by atoms with Gasteiger partial charge in [-0.25, -0.2) is 9.97 Å². The van der Waals surface area contributed by atoms with E-state index in [9.17, 15) is 0 Å². The number of fused-ring (bicyclic) bond motifs is 1. The van der Waals surface area contributed by atoms with Crippen molar-refractivity contribution in [3.05, 3.63) is 24.2 Å². The molecule has 0 spiro atoms. The quantitative estimate of drug-likeness (QED) is 0.854. The third-order valence-electron chi connectivity index (χ3n) is 5.43. The van der Waals surface area contributed by atoms with Gasteiger partial charge in [0, 0.05) is 31.2 Å². The van der Waals surface area contributed by atoms with Crippen LogP contribution < -0.4 is 0 Å². The maximum Gasteiger partial charge on any atom is 0.160 e. The number of likely N-dealkylation sites (tertiary alicyclic amines) is 2. The van der Waals surface area contributed by atoms with E-state index in [0.29, 0.717) is 12.0 Å². The molecule has 0 aromatic carbocycles. The van der Waals surface area contributed by atoms with Gasteiger partial charge in [0.1, 0.15) is 11.3 Å². The van der Waals surface area contributed by atoms with Crippen LogP contribution in [0.25, 0.3) is 11.2 Å². The SMILES string of the molecule is CN1CCCC(c2nc3cccnc3n2C2CCCN(C)C2)C1. The Kier molecular flexibility index (Phi) is 4.07. The van der Waals surface area contributed by atoms with Crippen molar-refractivity contribution in [1.82, 2.24) is 24.3 Å². The summed E-state index contributed by atoms with van der Waals surface area (Å²) >= 11 is 0. The van der Waals surface area contributed by atoms with Gasteiger partial charge in [0.25, 0.3) is 0 Å². The lowest BCUT2D eigenvalue weighted by Crippen LogP contribution is -2.36. The van der Waals surface area contributed by atoms with E-state index in [0.717, 1.165) is 24.3 Å². The summed E-state index contributed by atoms with van der Waals surface area (Å²) in [5.41, 5.74) is 2.14. The molecule has 2 aromatic heterocycles. The standard InChI is InChI=1S/C18H27N5/c1-21-10-4-6-14(12-21)17-20-16-8-3-9-19-18(16)23(17)15-7-5-11-22(2)13-15/h3,8-9,14-15H,4-7,10-13H2,1-2H3. The summed E-state index contributed by atoms with van der Waals surface area (Å²) in [7, 11) is 4.46. The molecule has 2 aromatic rings. The molecular formula is C18H27N5. The van der Waals surface area contributed by atoms with E-state index < -0.39 is 0 Å². The summed E-state index contributed by atoms with van der Waals surface area (Å²) in [5.74, 6) is 1.81. The van der Waals surface area contributed by atoms with Crippen LogP contribution in [0.5, 0.6) is 0 Å². The zero-order chi connectivity index (χ0) is 15.8. The third-order valence-corrected chi connectivity index (χ3v) is 5.43. The Morgan fingerprint density at radius 2 is 1.83 bits per heavy atom. The minimum absolute atomic E-state index is 0.510. The molecule has 2 fully saturated rings. The number of nitrogens with zero attached hydrogens (tertiary/aromatic N) is 5. The highest BCUT2D eigenvalue weighted by Crippen LogP contribution is 2.33. The Hall–Kier alpha value is -1.46. The molecule has 5 nitrogen and oxygen atoms in total. The summed E-state index contributed by atoms with van der Waals surface area (Å²) in [4.78, 5) is 14.6. The predicted molar refractivity (Wildman–Crippen MR) is 92.8 cm³/mol. The second-order valence-electron chi connectivity index (χ2n) is 7.35. The van der Waals surface area contributed by atoms with Crippen molar-refractivity contribution in [3.63, 3.8) is 0 Å². The van der Waals surface area contributed by atoms with Crippen LogP contribution in [0.1, 0.15) is 43.5 Å². The van der Waals surface area contributed by atoms with Gasteiger partial charge in [0.05, 0.1) is 0 Å². The fourth-order valence-corrected chi connectivity index (χ4v) is 4.32. The monoisotopic (exact) mass is 313 g/mol. The van der Waals surface area contributed by atoms with E-state index in [2.05, 4.69) is 39.5 Å². The first-order chi connectivity index (χ1) is 11.2. The van der Waals surface area contributed by atoms with Crippen molar-refractivity contribution in [3.8, 4) is 0 Å². The number of rotatable bonds is 2. The number of aromatic nitrogens is 3. The van der Waals surface area contributed by atoms with Gasteiger partial charge in [0.15, 0.2) is 5.65 Å². The molecule has 0 N–H and O–H groups in total. The van der Waals surface area contributed by atoms with Crippen molar-refractivity contribution in [1.29, 1.82) is 0 Å². The number of hydrogen-bond donors (Lipinski definition) is 0. The van der Waals surface area contributed by atoms with Gasteiger partial charge in [-0.1, -0.05) is 0 Å². The zero-order valence-corrected chi connectivity index (χ0v) is 14.3. The average Bonchev–Trinajstić information content (AvgIpc) is 2.94. The summed E-state index contributed by atoms with van der Waals surface area (Å²) in [6.07, 6.45) is 6.92. The Balaban J connectivity index is 1.78. The van der Waals surface area contributed by atoms with Crippen LogP contribution in [0.4, 0.5) is 0 Å². The molecule has 2 aliphatic heterocycles. The molecule has 4 heterocycles. The number of hydrogen-bond acceptors (Lipinski definition) is 4.